The summed E-state index contributed by atoms with van der Waals surface area (Å²) in [6.07, 6.45) is 0. The van der Waals surface area contributed by atoms with Crippen LogP contribution in [-0.2, 0) is 0 Å². The molecule has 0 fully saturated rings. The van der Waals surface area contributed by atoms with Crippen molar-refractivity contribution in [2.24, 2.45) is 0 Å². The van der Waals surface area contributed by atoms with Crippen molar-refractivity contribution in [2.45, 2.75) is 6.92 Å². The monoisotopic (exact) mass is 161 g/mol. The molecule has 0 unspecified atom stereocenters. The molecule has 3 heteroatoms. The number of hydrogen-bond acceptors (Lipinski definition) is 2. The molecular weight excluding hydrogens is 153 g/mol. The van der Waals surface area contributed by atoms with Gasteiger partial charge >= 0.3 is 0 Å². The van der Waals surface area contributed by atoms with Crippen molar-refractivity contribution in [3.8, 4) is 0 Å². The van der Waals surface area contributed by atoms with E-state index in [9.17, 15) is 0 Å². The Bertz CT molecular complexity index is 394. The molecular formula is C8H8BNS. The van der Waals surface area contributed by atoms with Crippen LogP contribution in [0.5, 0.6) is 0 Å². The van der Waals surface area contributed by atoms with Crippen molar-refractivity contribution in [3.63, 3.8) is 0 Å². The highest BCUT2D eigenvalue weighted by atomic mass is 32.1. The predicted molar refractivity (Wildman–Crippen MR) is 52.5 cm³/mol. The molecule has 0 aliphatic rings. The molecule has 0 radical (unpaired) electrons. The average molecular weight is 161 g/mol. The van der Waals surface area contributed by atoms with E-state index < -0.39 is 0 Å². The van der Waals surface area contributed by atoms with E-state index in [0.717, 1.165) is 10.5 Å². The predicted octanol–water partition coefficient (Wildman–Crippen LogP) is 0.863. The van der Waals surface area contributed by atoms with Gasteiger partial charge in [0, 0.05) is 0 Å². The Labute approximate surface area is 70.5 Å². The van der Waals surface area contributed by atoms with Crippen molar-refractivity contribution < 1.29 is 0 Å². The van der Waals surface area contributed by atoms with E-state index in [0.29, 0.717) is 0 Å². The maximum Gasteiger partial charge on any atom is 0.139 e. The first kappa shape index (κ1) is 6.86. The number of aromatic nitrogens is 1. The van der Waals surface area contributed by atoms with Crippen LogP contribution in [0.1, 0.15) is 5.01 Å². The summed E-state index contributed by atoms with van der Waals surface area (Å²) < 4.78 is 1.29. The van der Waals surface area contributed by atoms with Crippen molar-refractivity contribution >= 4 is 34.9 Å². The molecule has 0 N–H and O–H groups in total. The minimum atomic E-state index is 1.12. The van der Waals surface area contributed by atoms with E-state index in [-0.39, 0.29) is 0 Å². The summed E-state index contributed by atoms with van der Waals surface area (Å²) in [5.74, 6) is 0. The lowest BCUT2D eigenvalue weighted by Gasteiger charge is -1.88. The minimum absolute atomic E-state index is 1.12. The summed E-state index contributed by atoms with van der Waals surface area (Å²) in [7, 11) is 2.11. The molecule has 0 saturated carbocycles. The quantitative estimate of drug-likeness (QED) is 0.522. The standard InChI is InChI=1S/C8H8BNS/c1-5-10-7-3-2-6(9)4-8(7)11-5/h2-4H,9H2,1H3. The number of thiazole rings is 1. The van der Waals surface area contributed by atoms with Crippen LogP contribution in [0.15, 0.2) is 18.2 Å². The number of nitrogens with zero attached hydrogens (tertiary/aromatic N) is 1. The largest absolute Gasteiger partial charge is 0.242 e. The second-order valence-electron chi connectivity index (χ2n) is 2.70. The van der Waals surface area contributed by atoms with Crippen molar-refractivity contribution in [2.75, 3.05) is 0 Å². The van der Waals surface area contributed by atoms with Crippen molar-refractivity contribution in [3.05, 3.63) is 23.2 Å². The second-order valence-corrected chi connectivity index (χ2v) is 3.94. The SMILES string of the molecule is Bc1ccc2nc(C)sc2c1. The molecule has 0 aliphatic heterocycles. The van der Waals surface area contributed by atoms with Gasteiger partial charge in [-0.3, -0.25) is 0 Å². The highest BCUT2D eigenvalue weighted by molar-refractivity contribution is 7.18. The normalized spacial score (nSPS) is 10.6. The summed E-state index contributed by atoms with van der Waals surface area (Å²) in [5, 5.41) is 1.14. The van der Waals surface area contributed by atoms with Gasteiger partial charge in [0.2, 0.25) is 0 Å². The fourth-order valence-electron chi connectivity index (χ4n) is 1.15. The van der Waals surface area contributed by atoms with E-state index in [1.165, 1.54) is 10.2 Å². The number of hydrogen-bond donors (Lipinski definition) is 0. The highest BCUT2D eigenvalue weighted by Crippen LogP contribution is 2.19. The maximum atomic E-state index is 4.37. The Morgan fingerprint density at radius 3 is 3.09 bits per heavy atom. The molecule has 1 aromatic carbocycles. The highest BCUT2D eigenvalue weighted by Gasteiger charge is 1.98. The number of aryl methyl sites for hydroxylation is 1. The number of benzene rings is 1. The molecule has 1 aromatic heterocycles. The second kappa shape index (κ2) is 2.34. The molecule has 1 heterocycles. The number of rotatable bonds is 0. The van der Waals surface area contributed by atoms with Gasteiger partial charge in [0.05, 0.1) is 15.2 Å². The molecule has 0 amide bonds. The smallest absolute Gasteiger partial charge is 0.139 e. The zero-order valence-electron chi connectivity index (χ0n) is 6.59. The summed E-state index contributed by atoms with van der Waals surface area (Å²) in [5.41, 5.74) is 2.43. The lowest BCUT2D eigenvalue weighted by atomic mass is 9.97. The lowest BCUT2D eigenvalue weighted by Crippen LogP contribution is -1.98. The Kier molecular flexibility index (Phi) is 1.46. The van der Waals surface area contributed by atoms with Gasteiger partial charge < -0.3 is 0 Å². The molecule has 0 aliphatic carbocycles. The third-order valence-electron chi connectivity index (χ3n) is 1.65. The van der Waals surface area contributed by atoms with Crippen LogP contribution < -0.4 is 5.46 Å². The Balaban J connectivity index is 2.82. The summed E-state index contributed by atoms with van der Waals surface area (Å²) in [6, 6.07) is 6.36. The first-order valence-corrected chi connectivity index (χ1v) is 4.41. The fraction of sp³-hybridized carbons (Fsp3) is 0.125. The van der Waals surface area contributed by atoms with Crippen LogP contribution in [0.25, 0.3) is 10.2 Å². The van der Waals surface area contributed by atoms with E-state index in [2.05, 4.69) is 31.0 Å². The molecule has 2 aromatic rings. The third-order valence-corrected chi connectivity index (χ3v) is 2.58. The van der Waals surface area contributed by atoms with Crippen LogP contribution in [-0.4, -0.2) is 12.8 Å². The van der Waals surface area contributed by atoms with Crippen LogP contribution in [0.3, 0.4) is 0 Å². The van der Waals surface area contributed by atoms with E-state index in [4.69, 9.17) is 0 Å². The maximum absolute atomic E-state index is 4.37. The van der Waals surface area contributed by atoms with Gasteiger partial charge in [0.15, 0.2) is 0 Å². The summed E-state index contributed by atoms with van der Waals surface area (Å²) >= 11 is 1.76. The first-order chi connectivity index (χ1) is 5.25. The molecule has 0 bridgehead atoms. The first-order valence-electron chi connectivity index (χ1n) is 3.59. The van der Waals surface area contributed by atoms with E-state index in [1.54, 1.807) is 11.3 Å². The van der Waals surface area contributed by atoms with Gasteiger partial charge in [-0.05, 0) is 19.1 Å². The molecule has 0 spiro atoms. The van der Waals surface area contributed by atoms with Gasteiger partial charge in [-0.1, -0.05) is 11.5 Å². The molecule has 2 rings (SSSR count). The molecule has 1 nitrogen and oxygen atoms in total. The zero-order valence-corrected chi connectivity index (χ0v) is 7.40. The molecule has 11 heavy (non-hydrogen) atoms. The summed E-state index contributed by atoms with van der Waals surface area (Å²) in [6.45, 7) is 2.04. The molecule has 54 valence electrons. The van der Waals surface area contributed by atoms with Gasteiger partial charge in [0.1, 0.15) is 7.85 Å². The minimum Gasteiger partial charge on any atom is -0.242 e. The molecule has 0 saturated heterocycles. The van der Waals surface area contributed by atoms with Crippen LogP contribution in [0.4, 0.5) is 0 Å². The summed E-state index contributed by atoms with van der Waals surface area (Å²) in [4.78, 5) is 4.37. The van der Waals surface area contributed by atoms with Crippen LogP contribution >= 0.6 is 11.3 Å². The molecule has 0 atom stereocenters. The van der Waals surface area contributed by atoms with E-state index >= 15 is 0 Å². The van der Waals surface area contributed by atoms with Gasteiger partial charge in [-0.25, -0.2) is 4.98 Å². The van der Waals surface area contributed by atoms with Gasteiger partial charge in [0.25, 0.3) is 0 Å². The third kappa shape index (κ3) is 1.16. The topological polar surface area (TPSA) is 12.9 Å². The van der Waals surface area contributed by atoms with Gasteiger partial charge in [-0.2, -0.15) is 0 Å². The Morgan fingerprint density at radius 2 is 2.27 bits per heavy atom. The van der Waals surface area contributed by atoms with E-state index in [1.807, 2.05) is 6.92 Å². The Morgan fingerprint density at radius 1 is 1.45 bits per heavy atom. The average Bonchev–Trinajstić information content (AvgIpc) is 2.27. The lowest BCUT2D eigenvalue weighted by molar-refractivity contribution is 1.35. The van der Waals surface area contributed by atoms with Crippen LogP contribution in [0, 0.1) is 6.92 Å². The van der Waals surface area contributed by atoms with Crippen molar-refractivity contribution in [1.29, 1.82) is 0 Å². The zero-order chi connectivity index (χ0) is 7.84. The van der Waals surface area contributed by atoms with Crippen molar-refractivity contribution in [1.82, 2.24) is 4.98 Å². The van der Waals surface area contributed by atoms with Crippen LogP contribution in [0.2, 0.25) is 0 Å². The number of fused-ring (bicyclic) bond motifs is 1. The van der Waals surface area contributed by atoms with Gasteiger partial charge in [-0.15, -0.1) is 11.3 Å². The Hall–Kier alpha value is -0.825. The fourth-order valence-corrected chi connectivity index (χ4v) is 2.07.